The third-order valence-electron chi connectivity index (χ3n) is 7.05. The lowest BCUT2D eigenvalue weighted by Gasteiger charge is -2.41. The van der Waals surface area contributed by atoms with Crippen molar-refractivity contribution in [3.8, 4) is 5.75 Å². The van der Waals surface area contributed by atoms with Gasteiger partial charge in [-0.3, -0.25) is 4.79 Å². The van der Waals surface area contributed by atoms with Crippen LogP contribution in [0.25, 0.3) is 0 Å². The van der Waals surface area contributed by atoms with Crippen LogP contribution < -0.4 is 9.46 Å². The monoisotopic (exact) mass is 435 g/mol. The topological polar surface area (TPSA) is 79.0 Å². The van der Waals surface area contributed by atoms with Crippen molar-refractivity contribution in [2.75, 3.05) is 20.7 Å². The summed E-state index contributed by atoms with van der Waals surface area (Å²) in [6.45, 7) is 7.51. The third kappa shape index (κ3) is 3.85. The van der Waals surface area contributed by atoms with E-state index in [0.29, 0.717) is 18.7 Å². The number of fused-ring (bicyclic) bond motifs is 2. The van der Waals surface area contributed by atoms with Crippen LogP contribution >= 0.6 is 0 Å². The van der Waals surface area contributed by atoms with Crippen molar-refractivity contribution < 1.29 is 17.9 Å². The van der Waals surface area contributed by atoms with Crippen LogP contribution in [-0.4, -0.2) is 56.3 Å². The molecular weight excluding hydrogens is 402 g/mol. The van der Waals surface area contributed by atoms with E-state index in [4.69, 9.17) is 4.74 Å². The van der Waals surface area contributed by atoms with E-state index >= 15 is 0 Å². The molecule has 166 valence electrons. The molecular formula is C22H33N3O4S. The number of benzene rings is 1. The fourth-order valence-corrected chi connectivity index (χ4v) is 7.35. The summed E-state index contributed by atoms with van der Waals surface area (Å²) < 4.78 is 34.9. The van der Waals surface area contributed by atoms with E-state index in [2.05, 4.69) is 25.5 Å². The maximum absolute atomic E-state index is 13.7. The minimum absolute atomic E-state index is 0.0677. The Morgan fingerprint density at radius 3 is 2.67 bits per heavy atom. The fraction of sp³-hybridized carbons (Fsp3) is 0.682. The number of carbonyl (C=O) groups excluding carboxylic acids is 1. The van der Waals surface area contributed by atoms with Gasteiger partial charge in [0.1, 0.15) is 11.8 Å². The second kappa shape index (κ2) is 7.21. The van der Waals surface area contributed by atoms with Crippen LogP contribution in [0, 0.1) is 10.8 Å². The third-order valence-corrected chi connectivity index (χ3v) is 8.64. The zero-order valence-corrected chi connectivity index (χ0v) is 19.3. The Bertz CT molecular complexity index is 947. The molecule has 3 fully saturated rings. The smallest absolute Gasteiger partial charge is 0.280 e. The van der Waals surface area contributed by atoms with Gasteiger partial charge in [0, 0.05) is 19.6 Å². The molecule has 2 saturated heterocycles. The van der Waals surface area contributed by atoms with Crippen molar-refractivity contribution in [3.63, 3.8) is 0 Å². The predicted molar refractivity (Wildman–Crippen MR) is 115 cm³/mol. The number of nitrogens with one attached hydrogen (secondary N) is 1. The molecule has 1 aliphatic carbocycles. The SMILES string of the molecule is COc1cccc(C2CC(C(=O)N3CC4(C)CC3CC(C)(C)C4)N(C)S(=O)(=O)N2)c1. The van der Waals surface area contributed by atoms with Gasteiger partial charge >= 0.3 is 0 Å². The first-order chi connectivity index (χ1) is 13.9. The molecule has 7 nitrogen and oxygen atoms in total. The van der Waals surface area contributed by atoms with Gasteiger partial charge in [-0.2, -0.15) is 17.4 Å². The normalized spacial score (nSPS) is 35.2. The summed E-state index contributed by atoms with van der Waals surface area (Å²) >= 11 is 0. The Labute approximate surface area is 179 Å². The maximum atomic E-state index is 13.7. The van der Waals surface area contributed by atoms with Crippen LogP contribution in [0.4, 0.5) is 0 Å². The molecule has 1 saturated carbocycles. The van der Waals surface area contributed by atoms with E-state index in [1.807, 2.05) is 29.2 Å². The second-order valence-electron chi connectivity index (χ2n) is 10.4. The lowest BCUT2D eigenvalue weighted by molar-refractivity contribution is -0.137. The molecule has 4 unspecified atom stereocenters. The van der Waals surface area contributed by atoms with Crippen LogP contribution in [0.2, 0.25) is 0 Å². The summed E-state index contributed by atoms with van der Waals surface area (Å²) in [7, 11) is -0.686. The highest BCUT2D eigenvalue weighted by Gasteiger charge is 2.53. The Morgan fingerprint density at radius 1 is 1.23 bits per heavy atom. The molecule has 4 rings (SSSR count). The largest absolute Gasteiger partial charge is 0.497 e. The molecule has 1 aromatic carbocycles. The molecule has 3 aliphatic rings. The lowest BCUT2D eigenvalue weighted by atomic mass is 9.65. The minimum Gasteiger partial charge on any atom is -0.497 e. The van der Waals surface area contributed by atoms with Crippen molar-refractivity contribution in [1.29, 1.82) is 0 Å². The van der Waals surface area contributed by atoms with Gasteiger partial charge in [-0.1, -0.05) is 32.9 Å². The van der Waals surface area contributed by atoms with Crippen LogP contribution in [-0.2, 0) is 15.0 Å². The van der Waals surface area contributed by atoms with Crippen LogP contribution in [0.15, 0.2) is 24.3 Å². The number of nitrogens with zero attached hydrogens (tertiary/aromatic N) is 2. The minimum atomic E-state index is -3.77. The van der Waals surface area contributed by atoms with Crippen molar-refractivity contribution in [2.45, 2.75) is 64.6 Å². The molecule has 2 heterocycles. The summed E-state index contributed by atoms with van der Waals surface area (Å²) in [5.74, 6) is 0.596. The van der Waals surface area contributed by atoms with Gasteiger partial charge in [0.15, 0.2) is 0 Å². The number of amides is 1. The number of ether oxygens (including phenoxy) is 1. The number of rotatable bonds is 3. The molecule has 1 amide bonds. The van der Waals surface area contributed by atoms with Gasteiger partial charge in [-0.05, 0) is 54.2 Å². The number of methoxy groups -OCH3 is 1. The molecule has 0 aromatic heterocycles. The maximum Gasteiger partial charge on any atom is 0.280 e. The highest BCUT2D eigenvalue weighted by atomic mass is 32.2. The summed E-state index contributed by atoms with van der Waals surface area (Å²) in [6.07, 6.45) is 3.45. The van der Waals surface area contributed by atoms with E-state index in [-0.39, 0.29) is 22.8 Å². The van der Waals surface area contributed by atoms with E-state index < -0.39 is 22.3 Å². The van der Waals surface area contributed by atoms with Crippen molar-refractivity contribution in [3.05, 3.63) is 29.8 Å². The van der Waals surface area contributed by atoms with Crippen molar-refractivity contribution in [2.24, 2.45) is 10.8 Å². The van der Waals surface area contributed by atoms with E-state index in [0.717, 1.165) is 24.8 Å². The molecule has 2 bridgehead atoms. The summed E-state index contributed by atoms with van der Waals surface area (Å²) in [5, 5.41) is 0. The Hall–Kier alpha value is -1.64. The van der Waals surface area contributed by atoms with E-state index in [1.165, 1.54) is 11.4 Å². The number of carbonyl (C=O) groups is 1. The zero-order valence-electron chi connectivity index (χ0n) is 18.5. The molecule has 4 atom stereocenters. The van der Waals surface area contributed by atoms with Gasteiger partial charge in [-0.15, -0.1) is 0 Å². The first kappa shape index (κ1) is 21.6. The second-order valence-corrected chi connectivity index (χ2v) is 12.2. The molecule has 2 aliphatic heterocycles. The predicted octanol–water partition coefficient (Wildman–Crippen LogP) is 2.70. The Balaban J connectivity index is 1.61. The van der Waals surface area contributed by atoms with Crippen LogP contribution in [0.5, 0.6) is 5.75 Å². The quantitative estimate of drug-likeness (QED) is 0.792. The molecule has 30 heavy (non-hydrogen) atoms. The molecule has 0 spiro atoms. The summed E-state index contributed by atoms with van der Waals surface area (Å²) in [4.78, 5) is 15.6. The Kier molecular flexibility index (Phi) is 5.19. The molecule has 0 radical (unpaired) electrons. The van der Waals surface area contributed by atoms with Crippen molar-refractivity contribution in [1.82, 2.24) is 13.9 Å². The number of hydrogen-bond donors (Lipinski definition) is 1. The van der Waals surface area contributed by atoms with Gasteiger partial charge in [0.25, 0.3) is 10.2 Å². The first-order valence-electron chi connectivity index (χ1n) is 10.6. The average Bonchev–Trinajstić information content (AvgIpc) is 2.92. The number of likely N-dealkylation sites (N-methyl/N-ethyl adjacent to an activating group) is 1. The zero-order chi connectivity index (χ0) is 21.9. The standard InChI is InChI=1S/C22H33N3O4S/c1-21(2)11-16-12-22(3,13-21)14-25(16)20(26)19-10-18(23-30(27,28)24(19)4)15-7-6-8-17(9-15)29-5/h6-9,16,18-19,23H,10-14H2,1-5H3. The average molecular weight is 436 g/mol. The summed E-state index contributed by atoms with van der Waals surface area (Å²) in [5.41, 5.74) is 1.11. The number of hydrogen-bond acceptors (Lipinski definition) is 4. The highest BCUT2D eigenvalue weighted by Crippen LogP contribution is 2.52. The van der Waals surface area contributed by atoms with Crippen molar-refractivity contribution >= 4 is 16.1 Å². The van der Waals surface area contributed by atoms with Gasteiger partial charge in [0.05, 0.1) is 13.2 Å². The molecule has 8 heteroatoms. The van der Waals surface area contributed by atoms with Gasteiger partial charge in [-0.25, -0.2) is 0 Å². The van der Waals surface area contributed by atoms with Crippen LogP contribution in [0.1, 0.15) is 58.1 Å². The highest BCUT2D eigenvalue weighted by molar-refractivity contribution is 7.87. The van der Waals surface area contributed by atoms with E-state index in [1.54, 1.807) is 7.11 Å². The number of likely N-dealkylation sites (tertiary alicyclic amines) is 1. The van der Waals surface area contributed by atoms with Crippen LogP contribution in [0.3, 0.4) is 0 Å². The fourth-order valence-electron chi connectivity index (χ4n) is 6.08. The Morgan fingerprint density at radius 2 is 1.97 bits per heavy atom. The molecule has 1 N–H and O–H groups in total. The van der Waals surface area contributed by atoms with E-state index in [9.17, 15) is 13.2 Å². The summed E-state index contributed by atoms with van der Waals surface area (Å²) in [6, 6.07) is 6.36. The van der Waals surface area contributed by atoms with Gasteiger partial charge in [0.2, 0.25) is 5.91 Å². The van der Waals surface area contributed by atoms with Gasteiger partial charge < -0.3 is 9.64 Å². The molecule has 1 aromatic rings. The first-order valence-corrected chi connectivity index (χ1v) is 12.1. The lowest BCUT2D eigenvalue weighted by Crippen LogP contribution is -2.58.